The summed E-state index contributed by atoms with van der Waals surface area (Å²) in [7, 11) is 1.80. The van der Waals surface area contributed by atoms with E-state index in [1.54, 1.807) is 23.7 Å². The molecule has 0 aliphatic carbocycles. The molecule has 0 bridgehead atoms. The topological polar surface area (TPSA) is 29.5 Å². The number of hydrogen-bond donors (Lipinski definition) is 0. The van der Waals surface area contributed by atoms with Gasteiger partial charge in [0, 0.05) is 22.8 Å². The molecule has 0 aromatic heterocycles. The largest absolute Gasteiger partial charge is 0.483 e. The number of benzene rings is 1. The van der Waals surface area contributed by atoms with E-state index >= 15 is 0 Å². The predicted molar refractivity (Wildman–Crippen MR) is 91.2 cm³/mol. The van der Waals surface area contributed by atoms with E-state index in [0.717, 1.165) is 21.5 Å². The van der Waals surface area contributed by atoms with Gasteiger partial charge in [-0.1, -0.05) is 22.0 Å². The van der Waals surface area contributed by atoms with Crippen LogP contribution in [0.3, 0.4) is 0 Å². The molecular weight excluding hydrogens is 406 g/mol. The summed E-state index contributed by atoms with van der Waals surface area (Å²) >= 11 is 8.57. The minimum absolute atomic E-state index is 0.0807. The lowest BCUT2D eigenvalue weighted by atomic mass is 10.0. The maximum absolute atomic E-state index is 12.0. The molecule has 1 heterocycles. The Morgan fingerprint density at radius 2 is 2.25 bits per heavy atom. The number of amides is 1. The Balaban J connectivity index is 2.27. The number of thioether (sulfide) groups is 1. The van der Waals surface area contributed by atoms with Crippen molar-refractivity contribution in [1.82, 2.24) is 4.90 Å². The van der Waals surface area contributed by atoms with Crippen molar-refractivity contribution in [3.63, 3.8) is 0 Å². The van der Waals surface area contributed by atoms with Crippen LogP contribution in [0.15, 0.2) is 28.7 Å². The lowest BCUT2D eigenvalue weighted by molar-refractivity contribution is -0.126. The van der Waals surface area contributed by atoms with Crippen molar-refractivity contribution >= 4 is 55.2 Å². The van der Waals surface area contributed by atoms with Gasteiger partial charge in [0.05, 0.1) is 4.83 Å². The first-order valence-corrected chi connectivity index (χ1v) is 9.18. The predicted octanol–water partition coefficient (Wildman–Crippen LogP) is 4.11. The molecule has 0 saturated carbocycles. The van der Waals surface area contributed by atoms with Crippen LogP contribution in [0.4, 0.5) is 0 Å². The number of rotatable bonds is 4. The van der Waals surface area contributed by atoms with E-state index in [2.05, 4.69) is 37.9 Å². The van der Waals surface area contributed by atoms with E-state index in [9.17, 15) is 4.79 Å². The lowest BCUT2D eigenvalue weighted by Gasteiger charge is -2.28. The Morgan fingerprint density at radius 1 is 1.50 bits per heavy atom. The third-order valence-electron chi connectivity index (χ3n) is 3.04. The molecule has 0 spiro atoms. The van der Waals surface area contributed by atoms with Crippen LogP contribution in [0.5, 0.6) is 5.75 Å². The molecule has 0 N–H and O–H groups in total. The number of halogens is 2. The van der Waals surface area contributed by atoms with E-state index in [0.29, 0.717) is 12.4 Å². The number of alkyl halides is 1. The Bertz CT molecular complexity index is 548. The van der Waals surface area contributed by atoms with Gasteiger partial charge in [0.25, 0.3) is 0 Å². The summed E-state index contributed by atoms with van der Waals surface area (Å²) in [5.74, 6) is 1.52. The Morgan fingerprint density at radius 3 is 2.90 bits per heavy atom. The van der Waals surface area contributed by atoms with Crippen molar-refractivity contribution in [2.24, 2.45) is 0 Å². The molecule has 20 heavy (non-hydrogen) atoms. The summed E-state index contributed by atoms with van der Waals surface area (Å²) in [5.41, 5.74) is 1.92. The van der Waals surface area contributed by atoms with Crippen LogP contribution in [0.2, 0.25) is 0 Å². The van der Waals surface area contributed by atoms with E-state index in [4.69, 9.17) is 4.74 Å². The van der Waals surface area contributed by atoms with E-state index in [1.807, 2.05) is 24.5 Å². The zero-order chi connectivity index (χ0) is 14.7. The van der Waals surface area contributed by atoms with Crippen molar-refractivity contribution in [2.75, 3.05) is 19.2 Å². The highest BCUT2D eigenvalue weighted by Gasteiger charge is 2.27. The summed E-state index contributed by atoms with van der Waals surface area (Å²) < 4.78 is 6.49. The van der Waals surface area contributed by atoms with Gasteiger partial charge in [-0.15, -0.1) is 11.8 Å². The summed E-state index contributed by atoms with van der Waals surface area (Å²) in [5, 5.41) is 0. The molecule has 3 nitrogen and oxygen atoms in total. The van der Waals surface area contributed by atoms with Crippen LogP contribution >= 0.6 is 43.6 Å². The zero-order valence-electron chi connectivity index (χ0n) is 11.2. The molecular formula is C14H15Br2NO2S. The number of allylic oxidation sites excluding steroid dienone is 1. The Hall–Kier alpha value is -0.460. The number of nitrogens with zero attached hydrogens (tertiary/aromatic N) is 1. The number of ether oxygens (including phenoxy) is 1. The van der Waals surface area contributed by atoms with Gasteiger partial charge in [0.1, 0.15) is 11.7 Å². The van der Waals surface area contributed by atoms with Gasteiger partial charge in [-0.3, -0.25) is 4.79 Å². The van der Waals surface area contributed by atoms with Crippen LogP contribution in [-0.4, -0.2) is 34.9 Å². The highest BCUT2D eigenvalue weighted by Crippen LogP contribution is 2.33. The van der Waals surface area contributed by atoms with Crippen LogP contribution in [0.1, 0.15) is 12.0 Å². The molecule has 0 saturated heterocycles. The van der Waals surface area contributed by atoms with Gasteiger partial charge >= 0.3 is 0 Å². The van der Waals surface area contributed by atoms with Crippen molar-refractivity contribution in [3.05, 3.63) is 34.3 Å². The van der Waals surface area contributed by atoms with Crippen LogP contribution < -0.4 is 4.74 Å². The van der Waals surface area contributed by atoms with Crippen LogP contribution in [0.25, 0.3) is 5.70 Å². The van der Waals surface area contributed by atoms with Crippen molar-refractivity contribution in [1.29, 1.82) is 0 Å². The van der Waals surface area contributed by atoms with E-state index < -0.39 is 0 Å². The SMILES string of the molecule is CSCOc1ccc(C2=CCC(Br)C(=O)N2C)c(Br)c1. The van der Waals surface area contributed by atoms with Crippen molar-refractivity contribution in [3.8, 4) is 5.75 Å². The van der Waals surface area contributed by atoms with Gasteiger partial charge in [-0.25, -0.2) is 0 Å². The van der Waals surface area contributed by atoms with E-state index in [-0.39, 0.29) is 10.7 Å². The Labute approximate surface area is 140 Å². The van der Waals surface area contributed by atoms with Crippen molar-refractivity contribution in [2.45, 2.75) is 11.2 Å². The summed E-state index contributed by atoms with van der Waals surface area (Å²) in [4.78, 5) is 13.6. The average molecular weight is 421 g/mol. The molecule has 1 unspecified atom stereocenters. The summed E-state index contributed by atoms with van der Waals surface area (Å²) in [6.07, 6.45) is 4.77. The molecule has 1 aromatic rings. The van der Waals surface area contributed by atoms with Crippen LogP contribution in [-0.2, 0) is 4.79 Å². The second-order valence-corrected chi connectivity index (χ2v) is 7.16. The normalized spacial score (nSPS) is 19.0. The third-order valence-corrected chi connectivity index (χ3v) is 4.81. The minimum atomic E-state index is -0.126. The average Bonchev–Trinajstić information content (AvgIpc) is 2.44. The lowest BCUT2D eigenvalue weighted by Crippen LogP contribution is -2.35. The monoisotopic (exact) mass is 419 g/mol. The van der Waals surface area contributed by atoms with Crippen LogP contribution in [0, 0.1) is 0 Å². The quantitative estimate of drug-likeness (QED) is 0.542. The van der Waals surface area contributed by atoms with Gasteiger partial charge in [0.2, 0.25) is 5.91 Å². The maximum atomic E-state index is 12.0. The van der Waals surface area contributed by atoms with Gasteiger partial charge < -0.3 is 9.64 Å². The molecule has 0 fully saturated rings. The van der Waals surface area contributed by atoms with Gasteiger partial charge in [-0.05, 0) is 46.8 Å². The molecule has 6 heteroatoms. The molecule has 1 aromatic carbocycles. The first-order chi connectivity index (χ1) is 9.54. The Kier molecular flexibility index (Phi) is 5.57. The first kappa shape index (κ1) is 15.9. The zero-order valence-corrected chi connectivity index (χ0v) is 15.2. The molecule has 1 aliphatic rings. The first-order valence-electron chi connectivity index (χ1n) is 6.08. The molecule has 108 valence electrons. The van der Waals surface area contributed by atoms with Gasteiger partial charge in [-0.2, -0.15) is 0 Å². The fourth-order valence-electron chi connectivity index (χ4n) is 1.99. The smallest absolute Gasteiger partial charge is 0.240 e. The second-order valence-electron chi connectivity index (χ2n) is 4.38. The molecule has 1 atom stereocenters. The summed E-state index contributed by atoms with van der Waals surface area (Å²) in [6.45, 7) is 0. The standard InChI is InChI=1S/C14H15Br2NO2S/c1-17-13(6-5-11(15)14(17)18)10-4-3-9(7-12(10)16)19-8-20-2/h3-4,6-7,11H,5,8H2,1-2H3. The number of carbonyl (C=O) groups excluding carboxylic acids is 1. The van der Waals surface area contributed by atoms with Gasteiger partial charge in [0.15, 0.2) is 0 Å². The molecule has 1 amide bonds. The minimum Gasteiger partial charge on any atom is -0.483 e. The highest BCUT2D eigenvalue weighted by atomic mass is 79.9. The molecule has 1 aliphatic heterocycles. The fraction of sp³-hybridized carbons (Fsp3) is 0.357. The number of hydrogen-bond acceptors (Lipinski definition) is 3. The summed E-state index contributed by atoms with van der Waals surface area (Å²) in [6, 6.07) is 5.84. The fourth-order valence-corrected chi connectivity index (χ4v) is 3.30. The van der Waals surface area contributed by atoms with Crippen molar-refractivity contribution < 1.29 is 9.53 Å². The molecule has 2 rings (SSSR count). The second kappa shape index (κ2) is 7.00. The van der Waals surface area contributed by atoms with E-state index in [1.165, 1.54) is 0 Å². The molecule has 0 radical (unpaired) electrons. The third kappa shape index (κ3) is 3.40. The highest BCUT2D eigenvalue weighted by molar-refractivity contribution is 9.10. The maximum Gasteiger partial charge on any atom is 0.240 e. The number of carbonyl (C=O) groups is 1.